The zero-order valence-corrected chi connectivity index (χ0v) is 15.0. The first-order valence-corrected chi connectivity index (χ1v) is 9.26. The van der Waals surface area contributed by atoms with Crippen LogP contribution < -0.4 is 5.32 Å². The molecule has 2 fully saturated rings. The molecule has 1 aromatic rings. The summed E-state index contributed by atoms with van der Waals surface area (Å²) in [6.45, 7) is 3.74. The summed E-state index contributed by atoms with van der Waals surface area (Å²) in [7, 11) is 0. The van der Waals surface area contributed by atoms with Crippen molar-refractivity contribution in [1.82, 2.24) is 5.32 Å². The molecule has 1 aliphatic carbocycles. The van der Waals surface area contributed by atoms with Crippen molar-refractivity contribution in [3.63, 3.8) is 0 Å². The Kier molecular flexibility index (Phi) is 5.80. The SMILES string of the molecule is CC1(CCNC(=O)C(c2ccc(Cl)cc2)C2CCCC2)OCCO1. The molecule has 1 aromatic carbocycles. The van der Waals surface area contributed by atoms with Gasteiger partial charge in [-0.25, -0.2) is 0 Å². The fourth-order valence-corrected chi connectivity index (χ4v) is 3.95. The van der Waals surface area contributed by atoms with Crippen LogP contribution in [0.4, 0.5) is 0 Å². The highest BCUT2D eigenvalue weighted by Crippen LogP contribution is 2.38. The third kappa shape index (κ3) is 4.29. The zero-order valence-electron chi connectivity index (χ0n) is 14.2. The van der Waals surface area contributed by atoms with Crippen molar-refractivity contribution in [2.24, 2.45) is 5.92 Å². The van der Waals surface area contributed by atoms with Gasteiger partial charge in [-0.3, -0.25) is 4.79 Å². The van der Waals surface area contributed by atoms with E-state index in [-0.39, 0.29) is 11.8 Å². The van der Waals surface area contributed by atoms with Crippen LogP contribution in [0, 0.1) is 5.92 Å². The molecule has 1 atom stereocenters. The summed E-state index contributed by atoms with van der Waals surface area (Å²) in [4.78, 5) is 12.9. The van der Waals surface area contributed by atoms with Gasteiger partial charge in [0.1, 0.15) is 0 Å². The van der Waals surface area contributed by atoms with Gasteiger partial charge in [0.05, 0.1) is 19.1 Å². The molecule has 1 saturated heterocycles. The first kappa shape index (κ1) is 17.7. The second-order valence-corrected chi connectivity index (χ2v) is 7.38. The lowest BCUT2D eigenvalue weighted by Gasteiger charge is -2.25. The molecule has 1 aliphatic heterocycles. The van der Waals surface area contributed by atoms with Gasteiger partial charge in [0.25, 0.3) is 0 Å². The number of amides is 1. The molecule has 132 valence electrons. The second kappa shape index (κ2) is 7.85. The minimum absolute atomic E-state index is 0.0945. The molecule has 1 amide bonds. The van der Waals surface area contributed by atoms with Crippen LogP contribution in [0.2, 0.25) is 5.02 Å². The lowest BCUT2D eigenvalue weighted by atomic mass is 9.84. The van der Waals surface area contributed by atoms with E-state index in [2.05, 4.69) is 5.32 Å². The van der Waals surface area contributed by atoms with Crippen LogP contribution in [0.3, 0.4) is 0 Å². The smallest absolute Gasteiger partial charge is 0.227 e. The van der Waals surface area contributed by atoms with Crippen molar-refractivity contribution in [3.8, 4) is 0 Å². The third-order valence-electron chi connectivity index (χ3n) is 5.16. The van der Waals surface area contributed by atoms with Crippen LogP contribution in [0.15, 0.2) is 24.3 Å². The molecule has 0 spiro atoms. The largest absolute Gasteiger partial charge is 0.355 e. The molecule has 0 aromatic heterocycles. The van der Waals surface area contributed by atoms with Gasteiger partial charge in [-0.1, -0.05) is 36.6 Å². The van der Waals surface area contributed by atoms with E-state index in [0.717, 1.165) is 18.4 Å². The first-order chi connectivity index (χ1) is 11.6. The fourth-order valence-electron chi connectivity index (χ4n) is 3.82. The normalized spacial score (nSPS) is 21.8. The number of halogens is 1. The molecule has 3 rings (SSSR count). The van der Waals surface area contributed by atoms with Crippen LogP contribution in [0.25, 0.3) is 0 Å². The molecule has 4 nitrogen and oxygen atoms in total. The molecule has 2 aliphatic rings. The molecule has 24 heavy (non-hydrogen) atoms. The van der Waals surface area contributed by atoms with Crippen molar-refractivity contribution in [2.45, 2.75) is 50.7 Å². The van der Waals surface area contributed by atoms with Crippen molar-refractivity contribution < 1.29 is 14.3 Å². The highest BCUT2D eigenvalue weighted by molar-refractivity contribution is 6.30. The summed E-state index contributed by atoms with van der Waals surface area (Å²) in [6.07, 6.45) is 5.32. The monoisotopic (exact) mass is 351 g/mol. The average molecular weight is 352 g/mol. The Morgan fingerprint density at radius 1 is 1.25 bits per heavy atom. The quantitative estimate of drug-likeness (QED) is 0.846. The maximum atomic E-state index is 12.9. The summed E-state index contributed by atoms with van der Waals surface area (Å²) in [5.74, 6) is -0.134. The molecular formula is C19H26ClNO3. The summed E-state index contributed by atoms with van der Waals surface area (Å²) < 4.78 is 11.2. The summed E-state index contributed by atoms with van der Waals surface area (Å²) in [5.41, 5.74) is 1.06. The Labute approximate surface area is 148 Å². The Hall–Kier alpha value is -1.10. The molecule has 0 bridgehead atoms. The lowest BCUT2D eigenvalue weighted by Crippen LogP contribution is -2.37. The Balaban J connectivity index is 1.63. The molecule has 1 N–H and O–H groups in total. The minimum atomic E-state index is -0.559. The summed E-state index contributed by atoms with van der Waals surface area (Å²) in [6, 6.07) is 7.70. The first-order valence-electron chi connectivity index (χ1n) is 8.88. The van der Waals surface area contributed by atoms with Crippen LogP contribution in [0.5, 0.6) is 0 Å². The number of carbonyl (C=O) groups is 1. The summed E-state index contributed by atoms with van der Waals surface area (Å²) >= 11 is 6.00. The summed E-state index contributed by atoms with van der Waals surface area (Å²) in [5, 5.41) is 3.79. The van der Waals surface area contributed by atoms with E-state index in [9.17, 15) is 4.79 Å². The van der Waals surface area contributed by atoms with Gasteiger partial charge in [0.2, 0.25) is 5.91 Å². The van der Waals surface area contributed by atoms with Gasteiger partial charge >= 0.3 is 0 Å². The third-order valence-corrected chi connectivity index (χ3v) is 5.41. The van der Waals surface area contributed by atoms with Gasteiger partial charge in [-0.05, 0) is 43.4 Å². The predicted molar refractivity (Wildman–Crippen MR) is 94.1 cm³/mol. The number of benzene rings is 1. The van der Waals surface area contributed by atoms with Gasteiger partial charge < -0.3 is 14.8 Å². The Morgan fingerprint density at radius 3 is 2.50 bits per heavy atom. The van der Waals surface area contributed by atoms with Gasteiger partial charge in [-0.2, -0.15) is 0 Å². The van der Waals surface area contributed by atoms with E-state index in [4.69, 9.17) is 21.1 Å². The second-order valence-electron chi connectivity index (χ2n) is 6.95. The number of hydrogen-bond donors (Lipinski definition) is 1. The Bertz CT molecular complexity index is 548. The lowest BCUT2D eigenvalue weighted by molar-refractivity contribution is -0.146. The number of nitrogens with one attached hydrogen (secondary N) is 1. The van der Waals surface area contributed by atoms with E-state index in [0.29, 0.717) is 37.1 Å². The molecular weight excluding hydrogens is 326 g/mol. The van der Waals surface area contributed by atoms with Gasteiger partial charge in [0.15, 0.2) is 5.79 Å². The number of ether oxygens (including phenoxy) is 2. The fraction of sp³-hybridized carbons (Fsp3) is 0.632. The average Bonchev–Trinajstić information content (AvgIpc) is 3.22. The van der Waals surface area contributed by atoms with E-state index in [1.165, 1.54) is 12.8 Å². The highest BCUT2D eigenvalue weighted by Gasteiger charge is 2.33. The number of carbonyl (C=O) groups excluding carboxylic acids is 1. The van der Waals surface area contributed by atoms with Crippen LogP contribution >= 0.6 is 11.6 Å². The van der Waals surface area contributed by atoms with Crippen molar-refractivity contribution in [3.05, 3.63) is 34.9 Å². The van der Waals surface area contributed by atoms with Crippen LogP contribution in [-0.4, -0.2) is 31.5 Å². The molecule has 1 saturated carbocycles. The molecule has 1 heterocycles. The maximum Gasteiger partial charge on any atom is 0.227 e. The predicted octanol–water partition coefficient (Wildman–Crippen LogP) is 3.88. The highest BCUT2D eigenvalue weighted by atomic mass is 35.5. The topological polar surface area (TPSA) is 47.6 Å². The molecule has 5 heteroatoms. The van der Waals surface area contributed by atoms with Crippen LogP contribution in [0.1, 0.15) is 50.5 Å². The van der Waals surface area contributed by atoms with Crippen molar-refractivity contribution >= 4 is 17.5 Å². The molecule has 1 unspecified atom stereocenters. The van der Waals surface area contributed by atoms with Crippen molar-refractivity contribution in [2.75, 3.05) is 19.8 Å². The minimum Gasteiger partial charge on any atom is -0.355 e. The van der Waals surface area contributed by atoms with Crippen LogP contribution in [-0.2, 0) is 14.3 Å². The van der Waals surface area contributed by atoms with E-state index in [1.807, 2.05) is 31.2 Å². The van der Waals surface area contributed by atoms with Crippen molar-refractivity contribution in [1.29, 1.82) is 0 Å². The van der Waals surface area contributed by atoms with E-state index < -0.39 is 5.79 Å². The zero-order chi connectivity index (χ0) is 17.0. The standard InChI is InChI=1S/C19H26ClNO3/c1-19(23-12-13-24-19)10-11-21-18(22)17(14-4-2-3-5-14)15-6-8-16(20)9-7-15/h6-9,14,17H,2-5,10-13H2,1H3,(H,21,22). The number of rotatable bonds is 6. The molecule has 0 radical (unpaired) electrons. The number of hydrogen-bond acceptors (Lipinski definition) is 3. The van der Waals surface area contributed by atoms with Gasteiger partial charge in [0, 0.05) is 18.0 Å². The maximum absolute atomic E-state index is 12.9. The Morgan fingerprint density at radius 2 is 1.88 bits per heavy atom. The van der Waals surface area contributed by atoms with E-state index in [1.54, 1.807) is 0 Å². The van der Waals surface area contributed by atoms with Gasteiger partial charge in [-0.15, -0.1) is 0 Å². The van der Waals surface area contributed by atoms with E-state index >= 15 is 0 Å².